The number of aliphatic hydroxyl groups excluding tert-OH is 3. The first-order valence-corrected chi connectivity index (χ1v) is 14.5. The maximum absolute atomic E-state index is 15.8. The highest BCUT2D eigenvalue weighted by Crippen LogP contribution is 2.53. The Balaban J connectivity index is 2.18. The molecule has 8 nitrogen and oxygen atoms in total. The van der Waals surface area contributed by atoms with Crippen molar-refractivity contribution in [1.82, 2.24) is 10.6 Å². The van der Waals surface area contributed by atoms with Crippen LogP contribution in [0.5, 0.6) is 0 Å². The summed E-state index contributed by atoms with van der Waals surface area (Å²) >= 11 is 12.2. The summed E-state index contributed by atoms with van der Waals surface area (Å²) in [6.45, 7) is 3.75. The van der Waals surface area contributed by atoms with Gasteiger partial charge in [0.15, 0.2) is 0 Å². The van der Waals surface area contributed by atoms with Crippen molar-refractivity contribution in [2.24, 2.45) is 5.41 Å². The smallest absolute Gasteiger partial charge is 0.237 e. The number of carbonyl (C=O) groups excluding carboxylic acids is 1. The van der Waals surface area contributed by atoms with Gasteiger partial charge in [0.05, 0.1) is 43.1 Å². The van der Waals surface area contributed by atoms with Crippen molar-refractivity contribution in [3.8, 4) is 6.07 Å². The second-order valence-electron chi connectivity index (χ2n) is 11.3. The Labute approximate surface area is 254 Å². The van der Waals surface area contributed by atoms with Gasteiger partial charge in [-0.1, -0.05) is 55.2 Å². The lowest BCUT2D eigenvalue weighted by Crippen LogP contribution is -2.46. The summed E-state index contributed by atoms with van der Waals surface area (Å²) in [5.74, 6) is -3.43. The molecule has 3 rings (SSSR count). The number of carbonyl (C=O) groups is 1. The third kappa shape index (κ3) is 7.58. The van der Waals surface area contributed by atoms with Crippen molar-refractivity contribution >= 4 is 29.1 Å². The van der Waals surface area contributed by atoms with Crippen LogP contribution in [0.1, 0.15) is 50.2 Å². The van der Waals surface area contributed by atoms with Gasteiger partial charge in [0, 0.05) is 35.7 Å². The lowest BCUT2D eigenvalue weighted by atomic mass is 9.62. The van der Waals surface area contributed by atoms with E-state index in [1.165, 1.54) is 30.3 Å². The molecule has 1 amide bonds. The Morgan fingerprint density at radius 2 is 1.98 bits per heavy atom. The van der Waals surface area contributed by atoms with Crippen LogP contribution in [0.4, 0.5) is 8.78 Å². The second kappa shape index (κ2) is 14.9. The van der Waals surface area contributed by atoms with Crippen molar-refractivity contribution < 1.29 is 33.6 Å². The molecule has 5 N–H and O–H groups in total. The highest BCUT2D eigenvalue weighted by Gasteiger charge is 2.61. The predicted molar refractivity (Wildman–Crippen MR) is 155 cm³/mol. The number of nitriles is 1. The monoisotopic (exact) mass is 627 g/mol. The lowest BCUT2D eigenvalue weighted by molar-refractivity contribution is -0.123. The van der Waals surface area contributed by atoms with Crippen molar-refractivity contribution in [2.75, 3.05) is 33.0 Å². The van der Waals surface area contributed by atoms with E-state index in [9.17, 15) is 15.2 Å². The molecule has 5 atom stereocenters. The molecule has 0 aromatic heterocycles. The number of amides is 1. The molecular formula is C30H37Cl2F2N3O5. The summed E-state index contributed by atoms with van der Waals surface area (Å²) in [7, 11) is 0. The Morgan fingerprint density at radius 3 is 2.62 bits per heavy atom. The third-order valence-electron chi connectivity index (χ3n) is 7.82. The largest absolute Gasteiger partial charge is 0.394 e. The van der Waals surface area contributed by atoms with E-state index >= 15 is 8.78 Å². The van der Waals surface area contributed by atoms with Crippen LogP contribution < -0.4 is 10.6 Å². The molecule has 1 heterocycles. The molecule has 1 aliphatic heterocycles. The maximum Gasteiger partial charge on any atom is 0.237 e. The van der Waals surface area contributed by atoms with Gasteiger partial charge in [0.2, 0.25) is 5.91 Å². The van der Waals surface area contributed by atoms with E-state index in [2.05, 4.69) is 16.7 Å². The average Bonchev–Trinajstić information content (AvgIpc) is 3.26. The average molecular weight is 629 g/mol. The molecule has 0 bridgehead atoms. The lowest BCUT2D eigenvalue weighted by Gasteiger charge is -2.38. The van der Waals surface area contributed by atoms with E-state index in [0.717, 1.165) is 6.07 Å². The summed E-state index contributed by atoms with van der Waals surface area (Å²) in [5.41, 5.74) is -2.38. The van der Waals surface area contributed by atoms with Crippen LogP contribution >= 0.6 is 23.2 Å². The fourth-order valence-electron chi connectivity index (χ4n) is 5.68. The molecular weight excluding hydrogens is 591 g/mol. The molecule has 0 radical (unpaired) electrons. The molecule has 0 unspecified atom stereocenters. The molecule has 1 saturated heterocycles. The summed E-state index contributed by atoms with van der Waals surface area (Å²) in [6.07, 6.45) is -0.213. The molecule has 0 saturated carbocycles. The Morgan fingerprint density at radius 1 is 1.24 bits per heavy atom. The molecule has 2 aromatic rings. The zero-order valence-electron chi connectivity index (χ0n) is 23.5. The van der Waals surface area contributed by atoms with Gasteiger partial charge in [-0.3, -0.25) is 4.79 Å². The molecule has 230 valence electrons. The van der Waals surface area contributed by atoms with Gasteiger partial charge < -0.3 is 30.7 Å². The minimum atomic E-state index is -1.80. The molecule has 42 heavy (non-hydrogen) atoms. The quantitative estimate of drug-likeness (QED) is 0.201. The maximum atomic E-state index is 15.8. The van der Waals surface area contributed by atoms with E-state index in [1.807, 2.05) is 13.8 Å². The van der Waals surface area contributed by atoms with Crippen LogP contribution in [0.25, 0.3) is 0 Å². The molecule has 12 heteroatoms. The molecule has 2 aromatic carbocycles. The van der Waals surface area contributed by atoms with Crippen LogP contribution in [-0.2, 0) is 14.9 Å². The van der Waals surface area contributed by atoms with Crippen LogP contribution in [0.2, 0.25) is 10.0 Å². The zero-order valence-corrected chi connectivity index (χ0v) is 25.1. The highest BCUT2D eigenvalue weighted by atomic mass is 35.5. The van der Waals surface area contributed by atoms with Crippen LogP contribution in [0.3, 0.4) is 0 Å². The molecule has 0 aliphatic carbocycles. The minimum absolute atomic E-state index is 0.00327. The number of nitrogens with one attached hydrogen (secondary N) is 2. The van der Waals surface area contributed by atoms with Gasteiger partial charge >= 0.3 is 0 Å². The van der Waals surface area contributed by atoms with Gasteiger partial charge in [-0.15, -0.1) is 0 Å². The van der Waals surface area contributed by atoms with E-state index in [0.29, 0.717) is 13.0 Å². The zero-order chi connectivity index (χ0) is 31.1. The van der Waals surface area contributed by atoms with Crippen molar-refractivity contribution in [3.63, 3.8) is 0 Å². The van der Waals surface area contributed by atoms with E-state index < -0.39 is 59.1 Å². The van der Waals surface area contributed by atoms with Gasteiger partial charge in [0.25, 0.3) is 0 Å². The number of benzene rings is 2. The Bertz CT molecular complexity index is 1280. The number of aliphatic hydroxyl groups is 3. The second-order valence-corrected chi connectivity index (χ2v) is 12.1. The van der Waals surface area contributed by atoms with Gasteiger partial charge in [-0.05, 0) is 48.4 Å². The van der Waals surface area contributed by atoms with Gasteiger partial charge in [-0.25, -0.2) is 8.78 Å². The Hall–Kier alpha value is -2.36. The summed E-state index contributed by atoms with van der Waals surface area (Å²) in [5, 5.41) is 44.7. The van der Waals surface area contributed by atoms with E-state index in [1.54, 1.807) is 0 Å². The van der Waals surface area contributed by atoms with Gasteiger partial charge in [-0.2, -0.15) is 5.26 Å². The number of hydrogen-bond donors (Lipinski definition) is 5. The van der Waals surface area contributed by atoms with Crippen LogP contribution in [0, 0.1) is 28.4 Å². The normalized spacial score (nSPS) is 23.0. The molecule has 1 aliphatic rings. The topological polar surface area (TPSA) is 135 Å². The molecule has 0 spiro atoms. The van der Waals surface area contributed by atoms with Crippen molar-refractivity contribution in [2.45, 2.75) is 62.6 Å². The first-order chi connectivity index (χ1) is 19.9. The van der Waals surface area contributed by atoms with Crippen LogP contribution in [-0.4, -0.2) is 72.4 Å². The fourth-order valence-corrected chi connectivity index (χ4v) is 6.02. The van der Waals surface area contributed by atoms with E-state index in [-0.39, 0.29) is 53.8 Å². The van der Waals surface area contributed by atoms with Gasteiger partial charge in [0.1, 0.15) is 17.0 Å². The SMILES string of the molecule is CC(C)(CCOCCO)C[C@@H]1N[C@@H](C(=O)NCC[C@H](O)CO)[C@H](c2cccc(Cl)c2F)[C@@]1(C#N)c1ccc(Cl)cc1F. The number of ether oxygens (including phenoxy) is 1. The summed E-state index contributed by atoms with van der Waals surface area (Å²) < 4.78 is 37.0. The first-order valence-electron chi connectivity index (χ1n) is 13.7. The minimum Gasteiger partial charge on any atom is -0.394 e. The predicted octanol–water partition coefficient (Wildman–Crippen LogP) is 3.83. The number of nitrogens with zero attached hydrogens (tertiary/aromatic N) is 1. The fraction of sp³-hybridized carbons (Fsp3) is 0.533. The summed E-state index contributed by atoms with van der Waals surface area (Å²) in [4.78, 5) is 13.7. The molecule has 1 fully saturated rings. The number of halogens is 4. The van der Waals surface area contributed by atoms with Crippen LogP contribution in [0.15, 0.2) is 36.4 Å². The summed E-state index contributed by atoms with van der Waals surface area (Å²) in [6, 6.07) is 8.43. The standard InChI is InChI=1S/C30H37Cl2F2N3O5/c1-29(2,9-12-42-13-11-38)15-24-30(17-35,21-7-6-18(31)14-23(21)33)25(20-4-3-5-22(32)26(20)34)27(37-24)28(41)36-10-8-19(40)16-39/h3-7,14,19,24-25,27,37-40H,8-13,15-16H2,1-2H3,(H,36,41)/t19-,24-,25-,27+,30-/m0/s1. The van der Waals surface area contributed by atoms with E-state index in [4.69, 9.17) is 38.2 Å². The van der Waals surface area contributed by atoms with Crippen molar-refractivity contribution in [3.05, 3.63) is 69.2 Å². The first kappa shape index (κ1) is 34.1. The Kier molecular flexibility index (Phi) is 12.1. The third-order valence-corrected chi connectivity index (χ3v) is 8.35. The highest BCUT2D eigenvalue weighted by molar-refractivity contribution is 6.31. The van der Waals surface area contributed by atoms with Crippen molar-refractivity contribution in [1.29, 1.82) is 5.26 Å². The number of rotatable bonds is 14. The number of hydrogen-bond acceptors (Lipinski definition) is 7.